The predicted octanol–water partition coefficient (Wildman–Crippen LogP) is 8.37. The Morgan fingerprint density at radius 2 is 0.969 bits per heavy atom. The molecule has 0 bridgehead atoms. The molecule has 6 aliphatic carbocycles. The summed E-state index contributed by atoms with van der Waals surface area (Å²) in [4.78, 5) is 0. The molecule has 178 valence electrons. The van der Waals surface area contributed by atoms with Crippen molar-refractivity contribution in [2.45, 2.75) is 96.7 Å². The van der Waals surface area contributed by atoms with Gasteiger partial charge in [-0.25, -0.2) is 0 Å². The molecule has 0 N–H and O–H groups in total. The van der Waals surface area contributed by atoms with E-state index in [0.717, 1.165) is 82.1 Å². The molecule has 0 aromatic heterocycles. The Hall–Kier alpha value is -0.303. The second-order valence-electron chi connectivity index (χ2n) is 14.2. The third-order valence-corrected chi connectivity index (χ3v) is 17.0. The van der Waals surface area contributed by atoms with Gasteiger partial charge in [-0.15, -0.1) is 0 Å². The number of hydrogen-bond acceptors (Lipinski definition) is 0. The average molecular weight is 451 g/mol. The molecule has 0 radical (unpaired) electrons. The van der Waals surface area contributed by atoms with Gasteiger partial charge >= 0.3 is 0 Å². The zero-order chi connectivity index (χ0) is 22.1. The van der Waals surface area contributed by atoms with E-state index >= 15 is 0 Å². The largest absolute Gasteiger partial charge is 0.0848 e. The van der Waals surface area contributed by atoms with Crippen LogP contribution in [0.4, 0.5) is 0 Å². The normalized spacial score (nSPS) is 57.4. The molecule has 6 aliphatic rings. The van der Waals surface area contributed by atoms with E-state index in [9.17, 15) is 0 Å². The van der Waals surface area contributed by atoms with Gasteiger partial charge in [-0.05, 0) is 121 Å². The van der Waals surface area contributed by atoms with E-state index in [0.29, 0.717) is 0 Å². The number of rotatable bonds is 2. The van der Waals surface area contributed by atoms with Crippen molar-refractivity contribution >= 4 is 8.80 Å². The monoisotopic (exact) mass is 450 g/mol. The quantitative estimate of drug-likeness (QED) is 0.293. The molecule has 0 aliphatic heterocycles. The lowest BCUT2D eigenvalue weighted by Gasteiger charge is -2.45. The van der Waals surface area contributed by atoms with Crippen molar-refractivity contribution in [2.24, 2.45) is 71.0 Å². The molecule has 0 nitrogen and oxygen atoms in total. The van der Waals surface area contributed by atoms with E-state index in [1.54, 1.807) is 12.8 Å². The summed E-state index contributed by atoms with van der Waals surface area (Å²) in [5.74, 6) is 11.8. The maximum atomic E-state index is 2.85. The average Bonchev–Trinajstić information content (AvgIpc) is 3.28. The molecule has 0 spiro atoms. The summed E-state index contributed by atoms with van der Waals surface area (Å²) in [5.41, 5.74) is 2.14. The lowest BCUT2D eigenvalue weighted by Crippen LogP contribution is -2.39. The van der Waals surface area contributed by atoms with Gasteiger partial charge in [-0.1, -0.05) is 71.4 Å². The highest BCUT2D eigenvalue weighted by molar-refractivity contribution is 6.61. The van der Waals surface area contributed by atoms with Crippen LogP contribution in [0.1, 0.15) is 79.1 Å². The molecule has 0 heterocycles. The summed E-state index contributed by atoms with van der Waals surface area (Å²) < 4.78 is 0. The summed E-state index contributed by atoms with van der Waals surface area (Å²) >= 11 is 0. The lowest BCUT2D eigenvalue weighted by atomic mass is 9.64. The van der Waals surface area contributed by atoms with Crippen LogP contribution in [0.2, 0.25) is 17.6 Å². The molecule has 14 unspecified atom stereocenters. The number of allylic oxidation sites excluding steroid dienone is 4. The van der Waals surface area contributed by atoms with E-state index < -0.39 is 8.80 Å². The van der Waals surface area contributed by atoms with Crippen LogP contribution >= 0.6 is 0 Å². The third-order valence-electron chi connectivity index (χ3n) is 12.4. The Labute approximate surface area is 200 Å². The summed E-state index contributed by atoms with van der Waals surface area (Å²) in [7, 11) is -0.837. The van der Waals surface area contributed by atoms with Crippen molar-refractivity contribution in [3.63, 3.8) is 0 Å². The molecule has 0 aromatic rings. The highest BCUT2D eigenvalue weighted by atomic mass is 28.3. The summed E-state index contributed by atoms with van der Waals surface area (Å²) in [5, 5.41) is 0. The summed E-state index contributed by atoms with van der Waals surface area (Å²) in [6.07, 6.45) is 23.2. The molecule has 4 fully saturated rings. The Kier molecular flexibility index (Phi) is 5.84. The molecular formula is C31H50Si. The first kappa shape index (κ1) is 22.2. The Morgan fingerprint density at radius 3 is 1.41 bits per heavy atom. The molecular weight excluding hydrogens is 400 g/mol. The maximum absolute atomic E-state index is 2.85. The fraction of sp³-hybridized carbons (Fsp3) is 0.871. The van der Waals surface area contributed by atoms with Crippen molar-refractivity contribution in [3.05, 3.63) is 24.3 Å². The van der Waals surface area contributed by atoms with Crippen LogP contribution in [-0.2, 0) is 0 Å². The van der Waals surface area contributed by atoms with Crippen LogP contribution in [-0.4, -0.2) is 8.80 Å². The van der Waals surface area contributed by atoms with Gasteiger partial charge in [0.05, 0.1) is 0 Å². The van der Waals surface area contributed by atoms with E-state index in [2.05, 4.69) is 58.5 Å². The van der Waals surface area contributed by atoms with E-state index in [4.69, 9.17) is 0 Å². The zero-order valence-electron chi connectivity index (χ0n) is 21.6. The van der Waals surface area contributed by atoms with Crippen molar-refractivity contribution < 1.29 is 0 Å². The smallest absolute Gasteiger partial charge is 0.0418 e. The molecule has 14 atom stereocenters. The number of hydrogen-bond donors (Lipinski definition) is 0. The first-order valence-electron chi connectivity index (χ1n) is 14.8. The molecule has 6 rings (SSSR count). The first-order chi connectivity index (χ1) is 15.4. The highest BCUT2D eigenvalue weighted by Crippen LogP contribution is 2.63. The van der Waals surface area contributed by atoms with Crippen LogP contribution < -0.4 is 0 Å². The van der Waals surface area contributed by atoms with Gasteiger partial charge in [-0.3, -0.25) is 0 Å². The molecule has 1 heteroatoms. The first-order valence-corrected chi connectivity index (χ1v) is 17.3. The van der Waals surface area contributed by atoms with Gasteiger partial charge in [-0.2, -0.15) is 0 Å². The van der Waals surface area contributed by atoms with E-state index in [1.165, 1.54) is 38.5 Å². The fourth-order valence-corrected chi connectivity index (χ4v) is 16.3. The third kappa shape index (κ3) is 3.49. The standard InChI is InChI=1S/C31H50Si/c1-18-6-10-24-22(14-18)8-12-26-28(24)16-20(3)30(26)32(5)31-21(4)17-29-25-11-7-19(2)15-23(25)9-13-27(29)31/h8-9,12-13,18-32H,6-7,10-11,14-17H2,1-5H3. The second kappa shape index (κ2) is 8.42. The Morgan fingerprint density at radius 1 is 0.531 bits per heavy atom. The SMILES string of the molecule is CC1CCC2C(C=CC3C2CC(C)C3[SiH](C)C2C(C)CC3C2C=CC2CC(C)CCC23)C1. The summed E-state index contributed by atoms with van der Waals surface area (Å²) in [6.45, 7) is 13.2. The molecule has 4 saturated carbocycles. The minimum absolute atomic E-state index is 0.837. The predicted molar refractivity (Wildman–Crippen MR) is 140 cm³/mol. The van der Waals surface area contributed by atoms with Gasteiger partial charge < -0.3 is 0 Å². The second-order valence-corrected chi connectivity index (χ2v) is 17.4. The summed E-state index contributed by atoms with van der Waals surface area (Å²) in [6, 6.07) is 0. The van der Waals surface area contributed by atoms with E-state index in [1.807, 2.05) is 0 Å². The van der Waals surface area contributed by atoms with Gasteiger partial charge in [0.1, 0.15) is 0 Å². The highest BCUT2D eigenvalue weighted by Gasteiger charge is 2.55. The van der Waals surface area contributed by atoms with Crippen molar-refractivity contribution in [2.75, 3.05) is 0 Å². The molecule has 0 saturated heterocycles. The lowest BCUT2D eigenvalue weighted by molar-refractivity contribution is 0.130. The molecule has 0 amide bonds. The van der Waals surface area contributed by atoms with Gasteiger partial charge in [0, 0.05) is 8.80 Å². The van der Waals surface area contributed by atoms with Crippen LogP contribution in [0.15, 0.2) is 24.3 Å². The van der Waals surface area contributed by atoms with Gasteiger partial charge in [0.25, 0.3) is 0 Å². The van der Waals surface area contributed by atoms with Gasteiger partial charge in [0.15, 0.2) is 0 Å². The van der Waals surface area contributed by atoms with Crippen LogP contribution in [0.3, 0.4) is 0 Å². The van der Waals surface area contributed by atoms with Crippen LogP contribution in [0.5, 0.6) is 0 Å². The van der Waals surface area contributed by atoms with Crippen molar-refractivity contribution in [3.8, 4) is 0 Å². The minimum atomic E-state index is -0.837. The van der Waals surface area contributed by atoms with Gasteiger partial charge in [0.2, 0.25) is 0 Å². The number of fused-ring (bicyclic) bond motifs is 6. The molecule has 0 aromatic carbocycles. The van der Waals surface area contributed by atoms with E-state index in [-0.39, 0.29) is 0 Å². The Bertz CT molecular complexity index is 690. The van der Waals surface area contributed by atoms with Crippen molar-refractivity contribution in [1.82, 2.24) is 0 Å². The minimum Gasteiger partial charge on any atom is -0.0848 e. The topological polar surface area (TPSA) is 0 Å². The van der Waals surface area contributed by atoms with Crippen LogP contribution in [0, 0.1) is 71.0 Å². The zero-order valence-corrected chi connectivity index (χ0v) is 22.8. The van der Waals surface area contributed by atoms with Crippen molar-refractivity contribution in [1.29, 1.82) is 0 Å². The molecule has 32 heavy (non-hydrogen) atoms. The fourth-order valence-electron chi connectivity index (χ4n) is 11.2. The Balaban J connectivity index is 1.24. The maximum Gasteiger partial charge on any atom is 0.0418 e. The van der Waals surface area contributed by atoms with Crippen LogP contribution in [0.25, 0.3) is 0 Å².